The molecule has 0 radical (unpaired) electrons. The molecule has 1 aromatic heterocycles. The summed E-state index contributed by atoms with van der Waals surface area (Å²) >= 11 is 0. The van der Waals surface area contributed by atoms with Crippen molar-refractivity contribution < 1.29 is 0 Å². The quantitative estimate of drug-likeness (QED) is 0.141. The van der Waals surface area contributed by atoms with E-state index in [9.17, 15) is 0 Å². The first kappa shape index (κ1) is 36.8. The van der Waals surface area contributed by atoms with Crippen LogP contribution >= 0.6 is 0 Å². The molecule has 62 heavy (non-hydrogen) atoms. The summed E-state index contributed by atoms with van der Waals surface area (Å²) in [6.45, 7) is 0. The molecule has 0 saturated heterocycles. The zero-order valence-electron chi connectivity index (χ0n) is 34.1. The van der Waals surface area contributed by atoms with Crippen molar-refractivity contribution in [1.29, 1.82) is 0 Å². The second-order valence-electron chi connectivity index (χ2n) is 15.7. The summed E-state index contributed by atoms with van der Waals surface area (Å²) < 4.78 is 2.47. The number of rotatable bonds is 9. The molecule has 11 aromatic rings. The van der Waals surface area contributed by atoms with Crippen LogP contribution in [0.1, 0.15) is 0 Å². The number of hydrogen-bond donors (Lipinski definition) is 0. The molecule has 0 aliphatic rings. The largest absolute Gasteiger partial charge is 0.310 e. The van der Waals surface area contributed by atoms with Gasteiger partial charge in [0.1, 0.15) is 0 Å². The second kappa shape index (κ2) is 16.1. The Bertz CT molecular complexity index is 3300. The van der Waals surface area contributed by atoms with Crippen LogP contribution in [0, 0.1) is 0 Å². The smallest absolute Gasteiger partial charge is 0.0562 e. The summed E-state index contributed by atoms with van der Waals surface area (Å²) in [4.78, 5) is 2.42. The van der Waals surface area contributed by atoms with Gasteiger partial charge in [-0.2, -0.15) is 0 Å². The fraction of sp³-hybridized carbons (Fsp3) is 0. The number of nitrogens with zero attached hydrogens (tertiary/aromatic N) is 2. The maximum absolute atomic E-state index is 2.47. The zero-order valence-corrected chi connectivity index (χ0v) is 34.1. The molecule has 0 aliphatic carbocycles. The lowest BCUT2D eigenvalue weighted by atomic mass is 9.97. The van der Waals surface area contributed by atoms with E-state index in [1.807, 2.05) is 0 Å². The van der Waals surface area contributed by atoms with E-state index in [4.69, 9.17) is 0 Å². The topological polar surface area (TPSA) is 8.17 Å². The van der Waals surface area contributed by atoms with Crippen LogP contribution in [-0.2, 0) is 0 Å². The minimum absolute atomic E-state index is 1.07. The van der Waals surface area contributed by atoms with Crippen molar-refractivity contribution >= 4 is 38.9 Å². The average Bonchev–Trinajstić information content (AvgIpc) is 3.69. The third-order valence-electron chi connectivity index (χ3n) is 12.0. The van der Waals surface area contributed by atoms with E-state index in [0.717, 1.165) is 39.4 Å². The molecule has 0 N–H and O–H groups in total. The molecular formula is C60H42N2. The average molecular weight is 791 g/mol. The monoisotopic (exact) mass is 790 g/mol. The molecule has 0 saturated carbocycles. The second-order valence-corrected chi connectivity index (χ2v) is 15.7. The summed E-state index contributed by atoms with van der Waals surface area (Å²) in [5.41, 5.74) is 18.5. The number of hydrogen-bond acceptors (Lipinski definition) is 1. The number of fused-ring (bicyclic) bond motifs is 3. The van der Waals surface area contributed by atoms with Gasteiger partial charge < -0.3 is 9.47 Å². The molecular weight excluding hydrogens is 749 g/mol. The van der Waals surface area contributed by atoms with E-state index in [1.165, 1.54) is 60.8 Å². The third kappa shape index (κ3) is 6.84. The van der Waals surface area contributed by atoms with Gasteiger partial charge in [0.15, 0.2) is 0 Å². The predicted octanol–water partition coefficient (Wildman–Crippen LogP) is 16.6. The zero-order chi connectivity index (χ0) is 41.2. The van der Waals surface area contributed by atoms with E-state index >= 15 is 0 Å². The maximum Gasteiger partial charge on any atom is 0.0562 e. The molecule has 0 atom stereocenters. The molecule has 11 rings (SSSR count). The highest BCUT2D eigenvalue weighted by molar-refractivity contribution is 6.11. The summed E-state index contributed by atoms with van der Waals surface area (Å²) in [6.07, 6.45) is 0. The van der Waals surface area contributed by atoms with E-state index in [1.54, 1.807) is 0 Å². The lowest BCUT2D eigenvalue weighted by Gasteiger charge is -2.28. The first-order valence-electron chi connectivity index (χ1n) is 21.3. The molecule has 2 heteroatoms. The van der Waals surface area contributed by atoms with Crippen molar-refractivity contribution in [2.45, 2.75) is 0 Å². The van der Waals surface area contributed by atoms with Crippen LogP contribution in [0.3, 0.4) is 0 Å². The highest BCUT2D eigenvalue weighted by Gasteiger charge is 2.22. The normalized spacial score (nSPS) is 11.2. The Hall–Kier alpha value is -8.20. The van der Waals surface area contributed by atoms with Crippen molar-refractivity contribution in [2.24, 2.45) is 0 Å². The van der Waals surface area contributed by atoms with Crippen molar-refractivity contribution in [1.82, 2.24) is 4.57 Å². The van der Waals surface area contributed by atoms with E-state index in [0.29, 0.717) is 0 Å². The van der Waals surface area contributed by atoms with E-state index in [2.05, 4.69) is 264 Å². The lowest BCUT2D eigenvalue weighted by molar-refractivity contribution is 1.18. The van der Waals surface area contributed by atoms with Crippen molar-refractivity contribution in [3.8, 4) is 61.3 Å². The van der Waals surface area contributed by atoms with Crippen molar-refractivity contribution in [3.63, 3.8) is 0 Å². The predicted molar refractivity (Wildman–Crippen MR) is 263 cm³/mol. The van der Waals surface area contributed by atoms with Crippen LogP contribution in [-0.4, -0.2) is 4.57 Å². The van der Waals surface area contributed by atoms with Gasteiger partial charge >= 0.3 is 0 Å². The van der Waals surface area contributed by atoms with E-state index < -0.39 is 0 Å². The van der Waals surface area contributed by atoms with Crippen LogP contribution in [0.15, 0.2) is 255 Å². The Labute approximate surface area is 362 Å². The van der Waals surface area contributed by atoms with Gasteiger partial charge in [0.2, 0.25) is 0 Å². The van der Waals surface area contributed by atoms with Crippen LogP contribution in [0.2, 0.25) is 0 Å². The minimum Gasteiger partial charge on any atom is -0.310 e. The first-order valence-corrected chi connectivity index (χ1v) is 21.3. The maximum atomic E-state index is 2.47. The van der Waals surface area contributed by atoms with Crippen molar-refractivity contribution in [3.05, 3.63) is 255 Å². The molecule has 0 unspecified atom stereocenters. The summed E-state index contributed by atoms with van der Waals surface area (Å²) in [5, 5.41) is 2.43. The fourth-order valence-corrected chi connectivity index (χ4v) is 8.99. The molecule has 10 aromatic carbocycles. The Morgan fingerprint density at radius 1 is 0.258 bits per heavy atom. The molecule has 0 spiro atoms. The van der Waals surface area contributed by atoms with Crippen LogP contribution < -0.4 is 4.90 Å². The highest BCUT2D eigenvalue weighted by Crippen LogP contribution is 2.45. The SMILES string of the molecule is c1ccc(-c2ccc(-c3ccccc3N(c3ccc(-c4ccccc4)cc3)c3ccc4c5ccccc5n(-c5ccc(-c6ccccc6)cc5-c5ccccc5)c4c3)cc2)cc1. The van der Waals surface area contributed by atoms with Gasteiger partial charge in [0.05, 0.1) is 22.4 Å². The summed E-state index contributed by atoms with van der Waals surface area (Å²) in [6, 6.07) is 92.1. The summed E-state index contributed by atoms with van der Waals surface area (Å²) in [5.74, 6) is 0. The molecule has 2 nitrogen and oxygen atoms in total. The molecule has 1 heterocycles. The number of benzene rings is 10. The summed E-state index contributed by atoms with van der Waals surface area (Å²) in [7, 11) is 0. The fourth-order valence-electron chi connectivity index (χ4n) is 8.99. The first-order chi connectivity index (χ1) is 30.8. The van der Waals surface area contributed by atoms with Gasteiger partial charge in [0, 0.05) is 33.3 Å². The molecule has 0 aliphatic heterocycles. The van der Waals surface area contributed by atoms with Crippen LogP contribution in [0.25, 0.3) is 83.1 Å². The van der Waals surface area contributed by atoms with Crippen LogP contribution in [0.5, 0.6) is 0 Å². The van der Waals surface area contributed by atoms with Crippen LogP contribution in [0.4, 0.5) is 17.1 Å². The third-order valence-corrected chi connectivity index (χ3v) is 12.0. The Morgan fingerprint density at radius 3 is 1.34 bits per heavy atom. The highest BCUT2D eigenvalue weighted by atomic mass is 15.1. The number of para-hydroxylation sites is 2. The molecule has 0 amide bonds. The molecule has 0 fully saturated rings. The standard InChI is InChI=1S/C60H42N2/c1-5-17-43(18-6-1)46-29-31-49(32-30-46)53-25-13-15-27-57(53)61(51-36-33-47(34-37-51)44-19-7-2-8-20-44)52-38-39-55-54-26-14-16-28-58(54)62(60(55)42-52)59-40-35-50(45-21-9-3-10-22-45)41-56(59)48-23-11-4-12-24-48/h1-42H. The van der Waals surface area contributed by atoms with Gasteiger partial charge in [-0.25, -0.2) is 0 Å². The Balaban J connectivity index is 1.12. The molecule has 0 bridgehead atoms. The Kier molecular flexibility index (Phi) is 9.57. The van der Waals surface area contributed by atoms with Gasteiger partial charge in [-0.1, -0.05) is 206 Å². The van der Waals surface area contributed by atoms with E-state index in [-0.39, 0.29) is 0 Å². The van der Waals surface area contributed by atoms with Gasteiger partial charge in [-0.3, -0.25) is 0 Å². The van der Waals surface area contributed by atoms with Gasteiger partial charge in [0.25, 0.3) is 0 Å². The Morgan fingerprint density at radius 2 is 0.694 bits per heavy atom. The van der Waals surface area contributed by atoms with Gasteiger partial charge in [-0.05, 0) is 93.0 Å². The molecule has 292 valence electrons. The minimum atomic E-state index is 1.07. The number of anilines is 3. The lowest BCUT2D eigenvalue weighted by Crippen LogP contribution is -2.11. The number of aromatic nitrogens is 1. The van der Waals surface area contributed by atoms with Gasteiger partial charge in [-0.15, -0.1) is 0 Å². The van der Waals surface area contributed by atoms with Crippen molar-refractivity contribution in [2.75, 3.05) is 4.90 Å².